The fourth-order valence-electron chi connectivity index (χ4n) is 3.40. The summed E-state index contributed by atoms with van der Waals surface area (Å²) in [4.78, 5) is 11.9. The molecule has 0 atom stereocenters. The molecule has 0 unspecified atom stereocenters. The third kappa shape index (κ3) is 3.35. The highest BCUT2D eigenvalue weighted by molar-refractivity contribution is 4.98. The highest BCUT2D eigenvalue weighted by Gasteiger charge is 2.35. The molecule has 0 radical (unpaired) electrons. The van der Waals surface area contributed by atoms with E-state index in [2.05, 4.69) is 10.4 Å². The molecule has 0 spiro atoms. The Hall–Kier alpha value is -1.20. The largest absolute Gasteiger partial charge is 0.389 e. The van der Waals surface area contributed by atoms with Crippen molar-refractivity contribution in [3.8, 4) is 0 Å². The minimum atomic E-state index is -0.452. The zero-order valence-corrected chi connectivity index (χ0v) is 12.7. The van der Waals surface area contributed by atoms with Crippen LogP contribution in [0.2, 0.25) is 0 Å². The first-order valence-corrected chi connectivity index (χ1v) is 8.08. The van der Waals surface area contributed by atoms with Gasteiger partial charge in [-0.3, -0.25) is 4.79 Å². The zero-order valence-electron chi connectivity index (χ0n) is 12.7. The number of aliphatic hydroxyl groups is 1. The summed E-state index contributed by atoms with van der Waals surface area (Å²) in [6.45, 7) is 2.63. The first-order chi connectivity index (χ1) is 10.1. The van der Waals surface area contributed by atoms with E-state index in [1.807, 2.05) is 6.92 Å². The normalized spacial score (nSPS) is 28.1. The van der Waals surface area contributed by atoms with Crippen molar-refractivity contribution in [3.05, 3.63) is 28.2 Å². The summed E-state index contributed by atoms with van der Waals surface area (Å²) in [5, 5.41) is 18.0. The van der Waals surface area contributed by atoms with Crippen LogP contribution >= 0.6 is 0 Å². The van der Waals surface area contributed by atoms with E-state index in [-0.39, 0.29) is 11.6 Å². The molecule has 0 aliphatic heterocycles. The van der Waals surface area contributed by atoms with E-state index >= 15 is 0 Å². The molecule has 2 aliphatic carbocycles. The fourth-order valence-corrected chi connectivity index (χ4v) is 3.40. The van der Waals surface area contributed by atoms with Crippen LogP contribution in [0, 0.1) is 6.92 Å². The molecule has 0 amide bonds. The quantitative estimate of drug-likeness (QED) is 0.883. The van der Waals surface area contributed by atoms with Gasteiger partial charge in [0.25, 0.3) is 5.56 Å². The van der Waals surface area contributed by atoms with E-state index in [0.29, 0.717) is 12.6 Å². The second kappa shape index (κ2) is 5.89. The van der Waals surface area contributed by atoms with E-state index in [9.17, 15) is 9.90 Å². The lowest BCUT2D eigenvalue weighted by Crippen LogP contribution is -2.49. The van der Waals surface area contributed by atoms with Gasteiger partial charge in [0.15, 0.2) is 0 Å². The Labute approximate surface area is 125 Å². The average molecular weight is 291 g/mol. The van der Waals surface area contributed by atoms with Gasteiger partial charge < -0.3 is 10.4 Å². The van der Waals surface area contributed by atoms with Gasteiger partial charge in [0, 0.05) is 18.7 Å². The first kappa shape index (κ1) is 14.7. The Morgan fingerprint density at radius 1 is 1.33 bits per heavy atom. The number of hydrogen-bond donors (Lipinski definition) is 2. The number of hydrogen-bond acceptors (Lipinski definition) is 4. The smallest absolute Gasteiger partial charge is 0.267 e. The number of nitrogens with one attached hydrogen (secondary N) is 1. The molecule has 2 N–H and O–H groups in total. The van der Waals surface area contributed by atoms with Gasteiger partial charge >= 0.3 is 0 Å². The molecule has 0 bridgehead atoms. The summed E-state index contributed by atoms with van der Waals surface area (Å²) in [6.07, 6.45) is 7.05. The molecule has 5 heteroatoms. The van der Waals surface area contributed by atoms with Crippen molar-refractivity contribution in [3.63, 3.8) is 0 Å². The second-order valence-corrected chi connectivity index (χ2v) is 6.72. The molecular weight excluding hydrogens is 266 g/mol. The lowest BCUT2D eigenvalue weighted by atomic mass is 9.80. The number of aromatic nitrogens is 2. The molecule has 0 saturated heterocycles. The van der Waals surface area contributed by atoms with Crippen LogP contribution in [0.1, 0.15) is 56.7 Å². The summed E-state index contributed by atoms with van der Waals surface area (Å²) < 4.78 is 1.66. The van der Waals surface area contributed by atoms with Crippen molar-refractivity contribution in [2.45, 2.75) is 69.6 Å². The van der Waals surface area contributed by atoms with Crippen LogP contribution in [0.25, 0.3) is 0 Å². The van der Waals surface area contributed by atoms with Crippen LogP contribution in [-0.4, -0.2) is 33.1 Å². The van der Waals surface area contributed by atoms with Crippen LogP contribution in [0.5, 0.6) is 0 Å². The highest BCUT2D eigenvalue weighted by atomic mass is 16.3. The molecule has 0 aromatic carbocycles. The zero-order chi connectivity index (χ0) is 14.9. The van der Waals surface area contributed by atoms with Gasteiger partial charge in [-0.15, -0.1) is 0 Å². The Bertz CT molecular complexity index is 543. The standard InChI is InChI=1S/C16H25N3O2/c1-12-3-8-15(20)19(18-12)14-6-4-13(5-7-14)17-11-16(21)9-2-10-16/h3,8,13-14,17,21H,2,4-7,9-11H2,1H3. The molecule has 3 rings (SSSR count). The third-order valence-corrected chi connectivity index (χ3v) is 5.01. The van der Waals surface area contributed by atoms with E-state index in [0.717, 1.165) is 50.6 Å². The van der Waals surface area contributed by atoms with Gasteiger partial charge in [0.1, 0.15) is 0 Å². The van der Waals surface area contributed by atoms with Gasteiger partial charge in [-0.1, -0.05) is 0 Å². The van der Waals surface area contributed by atoms with E-state index in [4.69, 9.17) is 0 Å². The van der Waals surface area contributed by atoms with Crippen molar-refractivity contribution >= 4 is 0 Å². The minimum Gasteiger partial charge on any atom is -0.389 e. The predicted octanol–water partition coefficient (Wildman–Crippen LogP) is 1.54. The first-order valence-electron chi connectivity index (χ1n) is 8.08. The van der Waals surface area contributed by atoms with Gasteiger partial charge in [-0.05, 0) is 57.9 Å². The van der Waals surface area contributed by atoms with Crippen LogP contribution in [-0.2, 0) is 0 Å². The molecule has 2 aliphatic rings. The lowest BCUT2D eigenvalue weighted by Gasteiger charge is -2.39. The molecule has 5 nitrogen and oxygen atoms in total. The maximum absolute atomic E-state index is 11.9. The molecule has 1 aromatic rings. The predicted molar refractivity (Wildman–Crippen MR) is 81.3 cm³/mol. The molecule has 116 valence electrons. The van der Waals surface area contributed by atoms with Crippen LogP contribution in [0.15, 0.2) is 16.9 Å². The fraction of sp³-hybridized carbons (Fsp3) is 0.750. The van der Waals surface area contributed by atoms with Crippen molar-refractivity contribution in [1.29, 1.82) is 0 Å². The average Bonchev–Trinajstić information content (AvgIpc) is 2.46. The van der Waals surface area contributed by atoms with Crippen molar-refractivity contribution in [2.75, 3.05) is 6.54 Å². The van der Waals surface area contributed by atoms with Gasteiger partial charge in [-0.25, -0.2) is 4.68 Å². The summed E-state index contributed by atoms with van der Waals surface area (Å²) >= 11 is 0. The Balaban J connectivity index is 1.52. The molecule has 21 heavy (non-hydrogen) atoms. The maximum atomic E-state index is 11.9. The monoisotopic (exact) mass is 291 g/mol. The number of nitrogens with zero attached hydrogens (tertiary/aromatic N) is 2. The van der Waals surface area contributed by atoms with E-state index in [1.165, 1.54) is 0 Å². The van der Waals surface area contributed by atoms with Crippen molar-refractivity contribution < 1.29 is 5.11 Å². The van der Waals surface area contributed by atoms with Crippen molar-refractivity contribution in [1.82, 2.24) is 15.1 Å². The number of aryl methyl sites for hydroxylation is 1. The van der Waals surface area contributed by atoms with Crippen LogP contribution in [0.3, 0.4) is 0 Å². The molecule has 1 heterocycles. The van der Waals surface area contributed by atoms with Gasteiger partial charge in [0.2, 0.25) is 0 Å². The second-order valence-electron chi connectivity index (χ2n) is 6.72. The minimum absolute atomic E-state index is 0.000730. The Kier molecular flexibility index (Phi) is 4.13. The van der Waals surface area contributed by atoms with Crippen LogP contribution < -0.4 is 10.9 Å². The summed E-state index contributed by atoms with van der Waals surface area (Å²) in [6, 6.07) is 4.07. The molecule has 2 saturated carbocycles. The lowest BCUT2D eigenvalue weighted by molar-refractivity contribution is -0.0342. The third-order valence-electron chi connectivity index (χ3n) is 5.01. The van der Waals surface area contributed by atoms with Crippen molar-refractivity contribution in [2.24, 2.45) is 0 Å². The Morgan fingerprint density at radius 2 is 2.05 bits per heavy atom. The summed E-state index contributed by atoms with van der Waals surface area (Å²) in [5.74, 6) is 0. The summed E-state index contributed by atoms with van der Waals surface area (Å²) in [7, 11) is 0. The SMILES string of the molecule is Cc1ccc(=O)n(C2CCC(NCC3(O)CCC3)CC2)n1. The van der Waals surface area contributed by atoms with Gasteiger partial charge in [-0.2, -0.15) is 5.10 Å². The van der Waals surface area contributed by atoms with Gasteiger partial charge in [0.05, 0.1) is 17.3 Å². The summed E-state index contributed by atoms with van der Waals surface area (Å²) in [5.41, 5.74) is 0.439. The Morgan fingerprint density at radius 3 is 2.67 bits per heavy atom. The number of rotatable bonds is 4. The molecular formula is C16H25N3O2. The molecule has 1 aromatic heterocycles. The van der Waals surface area contributed by atoms with E-state index in [1.54, 1.807) is 16.8 Å². The van der Waals surface area contributed by atoms with E-state index < -0.39 is 5.60 Å². The maximum Gasteiger partial charge on any atom is 0.267 e. The molecule has 2 fully saturated rings. The topological polar surface area (TPSA) is 67.2 Å². The highest BCUT2D eigenvalue weighted by Crippen LogP contribution is 2.32. The van der Waals surface area contributed by atoms with Crippen LogP contribution in [0.4, 0.5) is 0 Å².